The van der Waals surface area contributed by atoms with Crippen molar-refractivity contribution in [3.63, 3.8) is 0 Å². The van der Waals surface area contributed by atoms with Gasteiger partial charge in [-0.15, -0.1) is 4.40 Å². The first kappa shape index (κ1) is 27.8. The number of aryl methyl sites for hydroxylation is 2. The summed E-state index contributed by atoms with van der Waals surface area (Å²) in [6.45, 7) is 10.5. The Morgan fingerprint density at radius 3 is 1.89 bits per heavy atom. The summed E-state index contributed by atoms with van der Waals surface area (Å²) >= 11 is 0. The largest absolute Gasteiger partial charge is 0.340 e. The van der Waals surface area contributed by atoms with Gasteiger partial charge in [0.2, 0.25) is 10.0 Å². The smallest absolute Gasteiger partial charge is 0.283 e. The molecule has 0 spiro atoms. The van der Waals surface area contributed by atoms with Crippen LogP contribution in [0, 0.1) is 19.8 Å². The molecule has 0 unspecified atom stereocenters. The number of hydrogen-bond donors (Lipinski definition) is 0. The molecule has 0 aromatic heterocycles. The van der Waals surface area contributed by atoms with Gasteiger partial charge < -0.3 is 4.90 Å². The molecule has 2 saturated heterocycles. The van der Waals surface area contributed by atoms with Crippen LogP contribution >= 0.6 is 0 Å². The minimum atomic E-state index is -3.97. The minimum Gasteiger partial charge on any atom is -0.340 e. The van der Waals surface area contributed by atoms with E-state index in [0.29, 0.717) is 18.9 Å². The fourth-order valence-corrected chi connectivity index (χ4v) is 7.84. The standard InChI is InChI=1S/C27H38N4O4S2/c1-21(2)27-30(18-19-31(27)37(34,35)25-14-10-23(4)11-15-25)26(20-29-16-6-5-7-17-29)28-36(32,33)24-12-8-22(3)9-13-24/h8-15,21,27H,5-7,16-20H2,1-4H3/t27-/m1/s1. The van der Waals surface area contributed by atoms with Crippen molar-refractivity contribution in [2.45, 2.75) is 62.9 Å². The van der Waals surface area contributed by atoms with Crippen LogP contribution in [0.2, 0.25) is 0 Å². The predicted molar refractivity (Wildman–Crippen MR) is 146 cm³/mol. The van der Waals surface area contributed by atoms with Crippen LogP contribution in [0.3, 0.4) is 0 Å². The Hall–Kier alpha value is -2.27. The fourth-order valence-electron chi connectivity index (χ4n) is 5.10. The highest BCUT2D eigenvalue weighted by Gasteiger charge is 2.43. The third-order valence-corrected chi connectivity index (χ3v) is 10.3. The molecule has 0 N–H and O–H groups in total. The van der Waals surface area contributed by atoms with Gasteiger partial charge in [-0.2, -0.15) is 12.7 Å². The summed E-state index contributed by atoms with van der Waals surface area (Å²) in [5.41, 5.74) is 1.95. The number of piperidine rings is 1. The molecule has 2 aliphatic rings. The van der Waals surface area contributed by atoms with Crippen molar-refractivity contribution in [3.8, 4) is 0 Å². The molecular weight excluding hydrogens is 508 g/mol. The molecular formula is C27H38N4O4S2. The summed E-state index contributed by atoms with van der Waals surface area (Å²) in [7, 11) is -7.75. The van der Waals surface area contributed by atoms with E-state index in [2.05, 4.69) is 9.30 Å². The van der Waals surface area contributed by atoms with E-state index >= 15 is 0 Å². The van der Waals surface area contributed by atoms with Crippen molar-refractivity contribution in [1.82, 2.24) is 14.1 Å². The number of sulfonamides is 2. The zero-order chi connectivity index (χ0) is 26.8. The molecule has 0 bridgehead atoms. The Bertz CT molecular complexity index is 1320. The summed E-state index contributed by atoms with van der Waals surface area (Å²) in [5, 5.41) is 0. The molecule has 0 aliphatic carbocycles. The molecule has 202 valence electrons. The lowest BCUT2D eigenvalue weighted by molar-refractivity contribution is 0.197. The van der Waals surface area contributed by atoms with Crippen LogP contribution in [-0.4, -0.2) is 75.7 Å². The highest BCUT2D eigenvalue weighted by Crippen LogP contribution is 2.30. The molecule has 4 rings (SSSR count). The molecule has 2 fully saturated rings. The molecule has 2 aliphatic heterocycles. The molecule has 0 amide bonds. The first-order valence-corrected chi connectivity index (χ1v) is 15.8. The van der Waals surface area contributed by atoms with Crippen LogP contribution in [0.15, 0.2) is 62.7 Å². The second-order valence-electron chi connectivity index (χ2n) is 10.4. The van der Waals surface area contributed by atoms with E-state index < -0.39 is 26.2 Å². The second kappa shape index (κ2) is 11.2. The Morgan fingerprint density at radius 1 is 0.811 bits per heavy atom. The van der Waals surface area contributed by atoms with Crippen LogP contribution in [0.5, 0.6) is 0 Å². The normalized spacial score (nSPS) is 20.6. The Labute approximate surface area is 222 Å². The first-order valence-electron chi connectivity index (χ1n) is 13.0. The fraction of sp³-hybridized carbons (Fsp3) is 0.519. The maximum Gasteiger partial charge on any atom is 0.283 e. The zero-order valence-corrected chi connectivity index (χ0v) is 23.8. The van der Waals surface area contributed by atoms with Crippen molar-refractivity contribution in [1.29, 1.82) is 0 Å². The van der Waals surface area contributed by atoms with Gasteiger partial charge in [0, 0.05) is 13.1 Å². The first-order chi connectivity index (χ1) is 17.5. The molecule has 1 atom stereocenters. The average molecular weight is 547 g/mol. The van der Waals surface area contributed by atoms with Gasteiger partial charge in [-0.05, 0) is 70.0 Å². The molecule has 2 heterocycles. The maximum absolute atomic E-state index is 13.7. The van der Waals surface area contributed by atoms with Crippen LogP contribution < -0.4 is 0 Å². The zero-order valence-electron chi connectivity index (χ0n) is 22.2. The van der Waals surface area contributed by atoms with E-state index in [1.165, 1.54) is 4.31 Å². The summed E-state index contributed by atoms with van der Waals surface area (Å²) in [6.07, 6.45) is 2.73. The maximum atomic E-state index is 13.7. The van der Waals surface area contributed by atoms with Gasteiger partial charge in [0.05, 0.1) is 22.5 Å². The van der Waals surface area contributed by atoms with Crippen molar-refractivity contribution < 1.29 is 16.8 Å². The molecule has 2 aromatic carbocycles. The minimum absolute atomic E-state index is 0.0867. The van der Waals surface area contributed by atoms with Gasteiger partial charge in [0.25, 0.3) is 10.0 Å². The Balaban J connectivity index is 1.73. The Kier molecular flexibility index (Phi) is 8.42. The molecule has 0 saturated carbocycles. The molecule has 0 radical (unpaired) electrons. The van der Waals surface area contributed by atoms with Gasteiger partial charge in [-0.3, -0.25) is 4.90 Å². The van der Waals surface area contributed by atoms with Crippen LogP contribution in [0.1, 0.15) is 44.2 Å². The lowest BCUT2D eigenvalue weighted by atomic mass is 10.1. The molecule has 10 heteroatoms. The van der Waals surface area contributed by atoms with E-state index in [1.54, 1.807) is 48.5 Å². The van der Waals surface area contributed by atoms with Crippen LogP contribution in [0.25, 0.3) is 0 Å². The van der Waals surface area contributed by atoms with Crippen LogP contribution in [0.4, 0.5) is 0 Å². The van der Waals surface area contributed by atoms with E-state index in [9.17, 15) is 16.8 Å². The summed E-state index contributed by atoms with van der Waals surface area (Å²) in [4.78, 5) is 4.50. The number of benzene rings is 2. The topological polar surface area (TPSA) is 90.4 Å². The summed E-state index contributed by atoms with van der Waals surface area (Å²) in [5.74, 6) is 0.319. The monoisotopic (exact) mass is 546 g/mol. The second-order valence-corrected chi connectivity index (χ2v) is 13.9. The van der Waals surface area contributed by atoms with Gasteiger partial charge in [-0.1, -0.05) is 55.7 Å². The third kappa shape index (κ3) is 6.25. The third-order valence-electron chi connectivity index (χ3n) is 7.09. The predicted octanol–water partition coefficient (Wildman–Crippen LogP) is 3.87. The number of rotatable bonds is 7. The van der Waals surface area contributed by atoms with Gasteiger partial charge in [0.15, 0.2) is 0 Å². The van der Waals surface area contributed by atoms with Gasteiger partial charge >= 0.3 is 0 Å². The highest BCUT2D eigenvalue weighted by molar-refractivity contribution is 7.90. The van der Waals surface area contributed by atoms with Crippen molar-refractivity contribution in [2.24, 2.45) is 10.3 Å². The number of nitrogens with zero attached hydrogens (tertiary/aromatic N) is 4. The van der Waals surface area contributed by atoms with E-state index in [1.807, 2.05) is 32.6 Å². The summed E-state index contributed by atoms with van der Waals surface area (Å²) < 4.78 is 60.0. The SMILES string of the molecule is Cc1ccc(S(=O)(=O)N=C(CN2CCCCC2)N2CCN(S(=O)(=O)c3ccc(C)cc3)[C@@H]2C(C)C)cc1. The van der Waals surface area contributed by atoms with E-state index in [4.69, 9.17) is 0 Å². The molecule has 37 heavy (non-hydrogen) atoms. The average Bonchev–Trinajstić information content (AvgIpc) is 3.31. The van der Waals surface area contributed by atoms with Crippen molar-refractivity contribution in [2.75, 3.05) is 32.7 Å². The summed E-state index contributed by atoms with van der Waals surface area (Å²) in [6, 6.07) is 13.5. The number of amidine groups is 1. The quantitative estimate of drug-likeness (QED) is 0.387. The molecule has 8 nitrogen and oxygen atoms in total. The van der Waals surface area contributed by atoms with Gasteiger partial charge in [-0.25, -0.2) is 8.42 Å². The van der Waals surface area contributed by atoms with Crippen LogP contribution in [-0.2, 0) is 20.0 Å². The Morgan fingerprint density at radius 2 is 1.35 bits per heavy atom. The highest BCUT2D eigenvalue weighted by atomic mass is 32.2. The molecule has 2 aromatic rings. The van der Waals surface area contributed by atoms with E-state index in [-0.39, 0.29) is 22.3 Å². The van der Waals surface area contributed by atoms with Crippen molar-refractivity contribution >= 4 is 25.9 Å². The number of hydrogen-bond acceptors (Lipinski definition) is 5. The lowest BCUT2D eigenvalue weighted by Crippen LogP contribution is -2.50. The van der Waals surface area contributed by atoms with Gasteiger partial charge in [0.1, 0.15) is 5.84 Å². The lowest BCUT2D eigenvalue weighted by Gasteiger charge is -2.36. The number of likely N-dealkylation sites (tertiary alicyclic amines) is 1. The van der Waals surface area contributed by atoms with Crippen molar-refractivity contribution in [3.05, 3.63) is 59.7 Å². The van der Waals surface area contributed by atoms with E-state index in [0.717, 1.165) is 43.5 Å².